The molecule has 27 heavy (non-hydrogen) atoms. The molecule has 0 bridgehead atoms. The van der Waals surface area contributed by atoms with Gasteiger partial charge < -0.3 is 19.9 Å². The highest BCUT2D eigenvalue weighted by atomic mass is 32.1. The van der Waals surface area contributed by atoms with Crippen molar-refractivity contribution in [1.29, 1.82) is 0 Å². The number of methoxy groups -OCH3 is 1. The maximum atomic E-state index is 5.28. The Morgan fingerprint density at radius 3 is 2.70 bits per heavy atom. The number of nitrogens with one attached hydrogen (secondary N) is 1. The lowest BCUT2D eigenvalue weighted by molar-refractivity contribution is 0.312. The second-order valence-electron chi connectivity index (χ2n) is 6.61. The Kier molecular flexibility index (Phi) is 5.26. The van der Waals surface area contributed by atoms with Crippen molar-refractivity contribution in [3.05, 3.63) is 48.3 Å². The standard InChI is InChI=1S/C19H24N6OS/c1-23-9-11-24(12-10-23)18-21-22-19(27-18)25-8-4-6-16(25)14-20-15-5-3-7-17(13-15)26-2/h3-8,13,20H,9-12,14H2,1-2H3. The topological polar surface area (TPSA) is 58.5 Å². The van der Waals surface area contributed by atoms with Gasteiger partial charge in [-0.15, -0.1) is 10.2 Å². The Balaban J connectivity index is 1.45. The van der Waals surface area contributed by atoms with Crippen LogP contribution in [0.4, 0.5) is 10.8 Å². The first-order chi connectivity index (χ1) is 13.2. The van der Waals surface area contributed by atoms with Crippen LogP contribution in [0, 0.1) is 0 Å². The second kappa shape index (κ2) is 7.98. The molecule has 0 spiro atoms. The van der Waals surface area contributed by atoms with Crippen molar-refractivity contribution in [3.8, 4) is 10.9 Å². The third kappa shape index (κ3) is 4.06. The van der Waals surface area contributed by atoms with Gasteiger partial charge in [-0.2, -0.15) is 0 Å². The zero-order valence-corrected chi connectivity index (χ0v) is 16.4. The van der Waals surface area contributed by atoms with Crippen LogP contribution < -0.4 is 15.0 Å². The summed E-state index contributed by atoms with van der Waals surface area (Å²) in [6.07, 6.45) is 2.04. The largest absolute Gasteiger partial charge is 0.497 e. The number of likely N-dealkylation sites (N-methyl/N-ethyl adjacent to an activating group) is 1. The molecule has 3 heterocycles. The molecule has 1 aliphatic heterocycles. The summed E-state index contributed by atoms with van der Waals surface area (Å²) >= 11 is 1.64. The molecule has 2 aromatic heterocycles. The second-order valence-corrected chi connectivity index (χ2v) is 7.55. The Bertz CT molecular complexity index is 884. The van der Waals surface area contributed by atoms with E-state index in [1.54, 1.807) is 18.4 Å². The van der Waals surface area contributed by atoms with E-state index in [2.05, 4.69) is 43.0 Å². The maximum Gasteiger partial charge on any atom is 0.218 e. The average molecular weight is 385 g/mol. The first-order valence-electron chi connectivity index (χ1n) is 9.04. The van der Waals surface area contributed by atoms with Crippen molar-refractivity contribution >= 4 is 22.2 Å². The van der Waals surface area contributed by atoms with E-state index in [0.717, 1.165) is 53.6 Å². The molecule has 0 saturated carbocycles. The summed E-state index contributed by atoms with van der Waals surface area (Å²) in [5.74, 6) is 0.844. The number of nitrogens with zero attached hydrogens (tertiary/aromatic N) is 5. The number of hydrogen-bond donors (Lipinski definition) is 1. The van der Waals surface area contributed by atoms with Gasteiger partial charge in [-0.1, -0.05) is 17.4 Å². The van der Waals surface area contributed by atoms with Gasteiger partial charge >= 0.3 is 0 Å². The molecule has 3 aromatic rings. The van der Waals surface area contributed by atoms with Crippen molar-refractivity contribution in [2.45, 2.75) is 6.54 Å². The van der Waals surface area contributed by atoms with E-state index in [-0.39, 0.29) is 0 Å². The van der Waals surface area contributed by atoms with Gasteiger partial charge in [-0.3, -0.25) is 4.57 Å². The van der Waals surface area contributed by atoms with Crippen molar-refractivity contribution in [2.75, 3.05) is 50.6 Å². The number of rotatable bonds is 6. The highest BCUT2D eigenvalue weighted by Gasteiger charge is 2.19. The molecule has 0 atom stereocenters. The fraction of sp³-hybridized carbons (Fsp3) is 0.368. The number of benzene rings is 1. The summed E-state index contributed by atoms with van der Waals surface area (Å²) in [5.41, 5.74) is 2.16. The third-order valence-electron chi connectivity index (χ3n) is 4.76. The van der Waals surface area contributed by atoms with Gasteiger partial charge in [0.1, 0.15) is 5.75 Å². The molecule has 0 radical (unpaired) electrons. The SMILES string of the molecule is COc1cccc(NCc2cccn2-c2nnc(N3CCN(C)CC3)s2)c1. The lowest BCUT2D eigenvalue weighted by Gasteiger charge is -2.31. The van der Waals surface area contributed by atoms with Gasteiger partial charge in [-0.05, 0) is 31.3 Å². The predicted octanol–water partition coefficient (Wildman–Crippen LogP) is 2.70. The normalized spacial score (nSPS) is 15.1. The number of anilines is 2. The number of hydrogen-bond acceptors (Lipinski definition) is 7. The number of piperazine rings is 1. The summed E-state index contributed by atoms with van der Waals surface area (Å²) in [4.78, 5) is 4.66. The fourth-order valence-corrected chi connectivity index (χ4v) is 4.02. The van der Waals surface area contributed by atoms with Crippen LogP contribution in [0.2, 0.25) is 0 Å². The zero-order valence-electron chi connectivity index (χ0n) is 15.6. The van der Waals surface area contributed by atoms with E-state index in [1.807, 2.05) is 36.5 Å². The minimum Gasteiger partial charge on any atom is -0.497 e. The van der Waals surface area contributed by atoms with Gasteiger partial charge in [0.2, 0.25) is 10.3 Å². The monoisotopic (exact) mass is 384 g/mol. The van der Waals surface area contributed by atoms with Crippen LogP contribution in [-0.2, 0) is 6.54 Å². The van der Waals surface area contributed by atoms with E-state index < -0.39 is 0 Å². The summed E-state index contributed by atoms with van der Waals surface area (Å²) in [7, 11) is 3.84. The van der Waals surface area contributed by atoms with Gasteiger partial charge in [0, 0.05) is 49.8 Å². The van der Waals surface area contributed by atoms with Crippen LogP contribution in [0.1, 0.15) is 5.69 Å². The molecule has 7 nitrogen and oxygen atoms in total. The van der Waals surface area contributed by atoms with Gasteiger partial charge in [0.25, 0.3) is 0 Å². The summed E-state index contributed by atoms with van der Waals surface area (Å²) in [5, 5.41) is 14.2. The quantitative estimate of drug-likeness (QED) is 0.705. The predicted molar refractivity (Wildman–Crippen MR) is 109 cm³/mol. The fourth-order valence-electron chi connectivity index (χ4n) is 3.10. The molecule has 1 aliphatic rings. The molecule has 0 aliphatic carbocycles. The lowest BCUT2D eigenvalue weighted by atomic mass is 10.3. The molecule has 8 heteroatoms. The number of ether oxygens (including phenoxy) is 1. The minimum atomic E-state index is 0.698. The maximum absolute atomic E-state index is 5.28. The summed E-state index contributed by atoms with van der Waals surface area (Å²) in [6, 6.07) is 12.1. The molecular formula is C19H24N6OS. The molecular weight excluding hydrogens is 360 g/mol. The molecule has 1 fully saturated rings. The molecule has 1 aromatic carbocycles. The summed E-state index contributed by atoms with van der Waals surface area (Å²) in [6.45, 7) is 4.83. The molecule has 0 unspecified atom stereocenters. The molecule has 142 valence electrons. The van der Waals surface area contributed by atoms with Crippen LogP contribution in [0.3, 0.4) is 0 Å². The number of aromatic nitrogens is 3. The van der Waals surface area contributed by atoms with E-state index in [1.165, 1.54) is 0 Å². The van der Waals surface area contributed by atoms with Crippen molar-refractivity contribution in [2.24, 2.45) is 0 Å². The Morgan fingerprint density at radius 1 is 1.07 bits per heavy atom. The Hall–Kier alpha value is -2.58. The van der Waals surface area contributed by atoms with E-state index in [4.69, 9.17) is 4.74 Å². The van der Waals surface area contributed by atoms with Crippen LogP contribution >= 0.6 is 11.3 Å². The Morgan fingerprint density at radius 2 is 1.89 bits per heavy atom. The van der Waals surface area contributed by atoms with Crippen LogP contribution in [0.15, 0.2) is 42.6 Å². The smallest absolute Gasteiger partial charge is 0.218 e. The highest BCUT2D eigenvalue weighted by molar-refractivity contribution is 7.17. The van der Waals surface area contributed by atoms with E-state index >= 15 is 0 Å². The molecule has 1 saturated heterocycles. The van der Waals surface area contributed by atoms with Crippen LogP contribution in [0.25, 0.3) is 5.13 Å². The van der Waals surface area contributed by atoms with Gasteiger partial charge in [0.15, 0.2) is 0 Å². The van der Waals surface area contributed by atoms with Crippen molar-refractivity contribution in [1.82, 2.24) is 19.7 Å². The third-order valence-corrected chi connectivity index (χ3v) is 5.74. The van der Waals surface area contributed by atoms with E-state index in [9.17, 15) is 0 Å². The van der Waals surface area contributed by atoms with E-state index in [0.29, 0.717) is 6.54 Å². The van der Waals surface area contributed by atoms with Crippen molar-refractivity contribution < 1.29 is 4.74 Å². The average Bonchev–Trinajstić information content (AvgIpc) is 3.36. The van der Waals surface area contributed by atoms with Crippen LogP contribution in [-0.4, -0.2) is 60.0 Å². The highest BCUT2D eigenvalue weighted by Crippen LogP contribution is 2.26. The zero-order chi connectivity index (χ0) is 18.6. The van der Waals surface area contributed by atoms with Gasteiger partial charge in [-0.25, -0.2) is 0 Å². The van der Waals surface area contributed by atoms with Crippen molar-refractivity contribution in [3.63, 3.8) is 0 Å². The van der Waals surface area contributed by atoms with Gasteiger partial charge in [0.05, 0.1) is 13.7 Å². The first kappa shape index (κ1) is 17.8. The van der Waals surface area contributed by atoms with Crippen LogP contribution in [0.5, 0.6) is 5.75 Å². The summed E-state index contributed by atoms with van der Waals surface area (Å²) < 4.78 is 7.38. The lowest BCUT2D eigenvalue weighted by Crippen LogP contribution is -2.44. The minimum absolute atomic E-state index is 0.698. The first-order valence-corrected chi connectivity index (χ1v) is 9.86. The Labute approximate surface area is 163 Å². The molecule has 1 N–H and O–H groups in total. The molecule has 4 rings (SSSR count). The molecule has 0 amide bonds.